The van der Waals surface area contributed by atoms with Gasteiger partial charge in [-0.1, -0.05) is 74.5 Å². The first kappa shape index (κ1) is 34.1. The highest BCUT2D eigenvalue weighted by Gasteiger charge is 2.34. The molecule has 0 aliphatic rings. The zero-order valence-corrected chi connectivity index (χ0v) is 27.4. The van der Waals surface area contributed by atoms with Gasteiger partial charge in [0.2, 0.25) is 11.8 Å². The van der Waals surface area contributed by atoms with E-state index in [9.17, 15) is 18.0 Å². The van der Waals surface area contributed by atoms with Crippen LogP contribution in [0, 0.1) is 5.92 Å². The van der Waals surface area contributed by atoms with Crippen LogP contribution >= 0.6 is 0 Å². The number of anilines is 1. The van der Waals surface area contributed by atoms with Gasteiger partial charge in [-0.05, 0) is 65.6 Å². The van der Waals surface area contributed by atoms with Gasteiger partial charge >= 0.3 is 0 Å². The summed E-state index contributed by atoms with van der Waals surface area (Å²) in [5, 5.41) is 3.00. The van der Waals surface area contributed by atoms with Gasteiger partial charge in [-0.3, -0.25) is 13.9 Å². The first-order valence-electron chi connectivity index (χ1n) is 15.1. The number of sulfonamides is 1. The number of hydrogen-bond donors (Lipinski definition) is 1. The Labute approximate surface area is 271 Å². The Morgan fingerprint density at radius 3 is 1.98 bits per heavy atom. The van der Waals surface area contributed by atoms with Gasteiger partial charge in [0.15, 0.2) is 0 Å². The van der Waals surface area contributed by atoms with E-state index in [0.29, 0.717) is 18.0 Å². The van der Waals surface area contributed by atoms with Gasteiger partial charge in [-0.2, -0.15) is 0 Å². The summed E-state index contributed by atoms with van der Waals surface area (Å²) >= 11 is 0. The number of ether oxygens (including phenoxy) is 2. The van der Waals surface area contributed by atoms with E-state index in [4.69, 9.17) is 9.47 Å². The lowest BCUT2D eigenvalue weighted by molar-refractivity contribution is -0.140. The molecule has 0 fully saturated rings. The van der Waals surface area contributed by atoms with Crippen molar-refractivity contribution < 1.29 is 27.5 Å². The molecule has 0 aliphatic heterocycles. The molecule has 1 N–H and O–H groups in total. The van der Waals surface area contributed by atoms with Crippen LogP contribution in [0.25, 0.3) is 0 Å². The maximum atomic E-state index is 14.5. The molecule has 4 aromatic rings. The smallest absolute Gasteiger partial charge is 0.264 e. The Balaban J connectivity index is 1.80. The highest BCUT2D eigenvalue weighted by atomic mass is 32.2. The summed E-state index contributed by atoms with van der Waals surface area (Å²) in [6, 6.07) is 30.2. The summed E-state index contributed by atoms with van der Waals surface area (Å²) in [5.41, 5.74) is 1.87. The molecule has 0 radical (unpaired) electrons. The molecule has 0 bridgehead atoms. The minimum Gasteiger partial charge on any atom is -0.497 e. The second-order valence-electron chi connectivity index (χ2n) is 11.2. The third-order valence-corrected chi connectivity index (χ3v) is 9.20. The second kappa shape index (κ2) is 15.9. The molecule has 0 saturated carbocycles. The lowest BCUT2D eigenvalue weighted by Crippen LogP contribution is -2.53. The average molecular weight is 644 g/mol. The normalized spacial score (nSPS) is 11.8. The van der Waals surface area contributed by atoms with Crippen LogP contribution in [0.2, 0.25) is 0 Å². The second-order valence-corrected chi connectivity index (χ2v) is 13.1. The van der Waals surface area contributed by atoms with E-state index >= 15 is 0 Å². The van der Waals surface area contributed by atoms with Crippen LogP contribution in [0.3, 0.4) is 0 Å². The molecule has 242 valence electrons. The molecule has 4 aromatic carbocycles. The average Bonchev–Trinajstić information content (AvgIpc) is 3.08. The summed E-state index contributed by atoms with van der Waals surface area (Å²) in [4.78, 5) is 29.9. The number of hydrogen-bond acceptors (Lipinski definition) is 6. The third-order valence-electron chi connectivity index (χ3n) is 7.41. The van der Waals surface area contributed by atoms with Crippen molar-refractivity contribution in [3.63, 3.8) is 0 Å². The summed E-state index contributed by atoms with van der Waals surface area (Å²) in [6.07, 6.45) is 0.231. The fourth-order valence-corrected chi connectivity index (χ4v) is 6.38. The van der Waals surface area contributed by atoms with Crippen LogP contribution in [-0.4, -0.2) is 58.5 Å². The molecule has 10 heteroatoms. The Morgan fingerprint density at radius 1 is 0.761 bits per heavy atom. The van der Waals surface area contributed by atoms with Gasteiger partial charge < -0.3 is 19.7 Å². The van der Waals surface area contributed by atoms with Crippen molar-refractivity contribution in [2.24, 2.45) is 5.92 Å². The Morgan fingerprint density at radius 2 is 1.37 bits per heavy atom. The van der Waals surface area contributed by atoms with Gasteiger partial charge in [0.1, 0.15) is 24.1 Å². The molecule has 0 aliphatic carbocycles. The van der Waals surface area contributed by atoms with E-state index in [0.717, 1.165) is 15.4 Å². The molecule has 1 atom stereocenters. The molecular weight excluding hydrogens is 602 g/mol. The van der Waals surface area contributed by atoms with Crippen molar-refractivity contribution in [3.05, 3.63) is 120 Å². The number of benzene rings is 4. The van der Waals surface area contributed by atoms with E-state index in [1.165, 1.54) is 24.1 Å². The fraction of sp³-hybridized carbons (Fsp3) is 0.278. The van der Waals surface area contributed by atoms with Gasteiger partial charge in [0.05, 0.1) is 24.8 Å². The first-order valence-corrected chi connectivity index (χ1v) is 16.5. The minimum atomic E-state index is -4.19. The molecule has 4 rings (SSSR count). The third kappa shape index (κ3) is 8.88. The van der Waals surface area contributed by atoms with Crippen LogP contribution in [0.15, 0.2) is 114 Å². The molecule has 0 spiro atoms. The van der Waals surface area contributed by atoms with Crippen molar-refractivity contribution in [3.8, 4) is 11.5 Å². The molecule has 2 amide bonds. The van der Waals surface area contributed by atoms with Crippen molar-refractivity contribution in [1.29, 1.82) is 0 Å². The van der Waals surface area contributed by atoms with Gasteiger partial charge in [-0.25, -0.2) is 8.42 Å². The van der Waals surface area contributed by atoms with Gasteiger partial charge in [0.25, 0.3) is 10.0 Å². The topological polar surface area (TPSA) is 105 Å². The van der Waals surface area contributed by atoms with Crippen molar-refractivity contribution in [1.82, 2.24) is 10.2 Å². The van der Waals surface area contributed by atoms with Crippen molar-refractivity contribution in [2.75, 3.05) is 31.6 Å². The van der Waals surface area contributed by atoms with Crippen molar-refractivity contribution in [2.45, 2.75) is 37.8 Å². The zero-order valence-electron chi connectivity index (χ0n) is 26.6. The summed E-state index contributed by atoms with van der Waals surface area (Å²) < 4.78 is 40.0. The van der Waals surface area contributed by atoms with E-state index in [1.54, 1.807) is 61.7 Å². The minimum absolute atomic E-state index is 0.0356. The maximum Gasteiger partial charge on any atom is 0.264 e. The monoisotopic (exact) mass is 643 g/mol. The van der Waals surface area contributed by atoms with Crippen molar-refractivity contribution >= 4 is 27.5 Å². The first-order chi connectivity index (χ1) is 22.1. The number of amides is 2. The molecule has 9 nitrogen and oxygen atoms in total. The van der Waals surface area contributed by atoms with Crippen LogP contribution in [-0.2, 0) is 32.6 Å². The molecule has 0 saturated heterocycles. The zero-order chi connectivity index (χ0) is 33.1. The lowest BCUT2D eigenvalue weighted by atomic mass is 10.0. The number of nitrogens with zero attached hydrogens (tertiary/aromatic N) is 2. The van der Waals surface area contributed by atoms with E-state index < -0.39 is 28.5 Å². The van der Waals surface area contributed by atoms with Crippen LogP contribution in [0.1, 0.15) is 25.0 Å². The van der Waals surface area contributed by atoms with Gasteiger partial charge in [-0.15, -0.1) is 0 Å². The quantitative estimate of drug-likeness (QED) is 0.188. The molecule has 0 aromatic heterocycles. The highest BCUT2D eigenvalue weighted by Crippen LogP contribution is 2.27. The lowest BCUT2D eigenvalue weighted by Gasteiger charge is -2.34. The van der Waals surface area contributed by atoms with Crippen LogP contribution < -0.4 is 19.1 Å². The Kier molecular flexibility index (Phi) is 11.8. The maximum absolute atomic E-state index is 14.5. The molecule has 0 heterocycles. The van der Waals surface area contributed by atoms with E-state index in [2.05, 4.69) is 5.32 Å². The number of nitrogens with one attached hydrogen (secondary N) is 1. The van der Waals surface area contributed by atoms with E-state index in [1.807, 2.05) is 56.3 Å². The van der Waals surface area contributed by atoms with Crippen LogP contribution in [0.5, 0.6) is 11.5 Å². The highest BCUT2D eigenvalue weighted by molar-refractivity contribution is 7.92. The number of methoxy groups -OCH3 is 2. The molecule has 0 unspecified atom stereocenters. The van der Waals surface area contributed by atoms with E-state index in [-0.39, 0.29) is 35.4 Å². The standard InChI is InChI=1S/C36H41N3O6S/c1-27(2)24-37-36(41)34(23-28-12-7-5-8-13-28)38(25-29-14-11-15-32(22-29)45-4)35(40)26-39(30-18-20-31(44-3)21-19-30)46(42,43)33-16-9-6-10-17-33/h5-22,27,34H,23-26H2,1-4H3,(H,37,41)/t34-/m0/s1. The predicted octanol–water partition coefficient (Wildman–Crippen LogP) is 5.31. The Hall–Kier alpha value is -4.83. The SMILES string of the molecule is COc1ccc(N(CC(=O)N(Cc2cccc(OC)c2)[C@@H](Cc2ccccc2)C(=O)NCC(C)C)S(=O)(=O)c2ccccc2)cc1. The summed E-state index contributed by atoms with van der Waals surface area (Å²) in [6.45, 7) is 3.91. The Bertz CT molecular complexity index is 1680. The fourth-order valence-electron chi connectivity index (χ4n) is 4.94. The largest absolute Gasteiger partial charge is 0.497 e. The predicted molar refractivity (Wildman–Crippen MR) is 179 cm³/mol. The van der Waals surface area contributed by atoms with Gasteiger partial charge in [0, 0.05) is 19.5 Å². The number of carbonyl (C=O) groups excluding carboxylic acids is 2. The molecular formula is C36H41N3O6S. The van der Waals surface area contributed by atoms with Crippen LogP contribution in [0.4, 0.5) is 5.69 Å². The summed E-state index contributed by atoms with van der Waals surface area (Å²) in [5.74, 6) is 0.455. The summed E-state index contributed by atoms with van der Waals surface area (Å²) in [7, 11) is -1.11. The number of rotatable bonds is 15. The number of carbonyl (C=O) groups is 2. The molecule has 46 heavy (non-hydrogen) atoms.